The largest absolute Gasteiger partial charge is 0.478 e. The van der Waals surface area contributed by atoms with Crippen LogP contribution < -0.4 is 5.32 Å². The summed E-state index contributed by atoms with van der Waals surface area (Å²) in [6, 6.07) is 16.6. The van der Waals surface area contributed by atoms with Crippen LogP contribution in [0.5, 0.6) is 0 Å². The minimum atomic E-state index is -0.969. The van der Waals surface area contributed by atoms with E-state index < -0.39 is 5.97 Å². The zero-order valence-electron chi connectivity index (χ0n) is 11.0. The first-order valence-electron chi connectivity index (χ1n) is 6.43. The van der Waals surface area contributed by atoms with Crippen molar-refractivity contribution in [1.29, 1.82) is 0 Å². The molecule has 0 heterocycles. The third kappa shape index (κ3) is 2.56. The number of carboxylic acids is 1. The van der Waals surface area contributed by atoms with Gasteiger partial charge < -0.3 is 10.4 Å². The molecule has 0 radical (unpaired) electrons. The number of rotatable bonds is 3. The Bertz CT molecular complexity index is 830. The number of fused-ring (bicyclic) bond motifs is 1. The van der Waals surface area contributed by atoms with Crippen LogP contribution >= 0.6 is 0 Å². The fourth-order valence-electron chi connectivity index (χ4n) is 2.32. The molecule has 4 heteroatoms. The molecule has 3 aromatic rings. The van der Waals surface area contributed by atoms with E-state index in [1.54, 1.807) is 36.4 Å². The number of hydrogen-bond acceptors (Lipinski definition) is 2. The van der Waals surface area contributed by atoms with Crippen molar-refractivity contribution < 1.29 is 14.3 Å². The van der Waals surface area contributed by atoms with Crippen LogP contribution in [0.4, 0.5) is 15.8 Å². The Balaban J connectivity index is 2.12. The van der Waals surface area contributed by atoms with Crippen molar-refractivity contribution in [3.05, 3.63) is 72.0 Å². The van der Waals surface area contributed by atoms with Crippen LogP contribution in [0, 0.1) is 5.82 Å². The van der Waals surface area contributed by atoms with Crippen LogP contribution in [0.1, 0.15) is 10.4 Å². The molecule has 0 atom stereocenters. The van der Waals surface area contributed by atoms with Gasteiger partial charge in [-0.25, -0.2) is 9.18 Å². The van der Waals surface area contributed by atoms with Gasteiger partial charge in [0, 0.05) is 16.8 Å². The highest BCUT2D eigenvalue weighted by molar-refractivity contribution is 6.08. The van der Waals surface area contributed by atoms with Crippen molar-refractivity contribution in [3.63, 3.8) is 0 Å². The van der Waals surface area contributed by atoms with Gasteiger partial charge in [0.15, 0.2) is 0 Å². The molecule has 0 bridgehead atoms. The number of aromatic carboxylic acids is 1. The molecule has 3 nitrogen and oxygen atoms in total. The van der Waals surface area contributed by atoms with E-state index in [4.69, 9.17) is 0 Å². The molecule has 21 heavy (non-hydrogen) atoms. The Morgan fingerprint density at radius 1 is 0.952 bits per heavy atom. The number of halogens is 1. The van der Waals surface area contributed by atoms with Crippen LogP contribution in [-0.4, -0.2) is 11.1 Å². The van der Waals surface area contributed by atoms with Gasteiger partial charge in [-0.1, -0.05) is 30.3 Å². The maximum absolute atomic E-state index is 13.2. The Kier molecular flexibility index (Phi) is 3.28. The van der Waals surface area contributed by atoms with Crippen LogP contribution in [-0.2, 0) is 0 Å². The summed E-state index contributed by atoms with van der Waals surface area (Å²) in [5.74, 6) is -1.30. The summed E-state index contributed by atoms with van der Waals surface area (Å²) in [7, 11) is 0. The third-order valence-electron chi connectivity index (χ3n) is 3.26. The SMILES string of the molecule is O=C(O)c1ccc(Nc2cccc(F)c2)c2ccccc12. The fraction of sp³-hybridized carbons (Fsp3) is 0. The van der Waals surface area contributed by atoms with E-state index in [1.807, 2.05) is 12.1 Å². The molecule has 0 aliphatic heterocycles. The van der Waals surface area contributed by atoms with Gasteiger partial charge >= 0.3 is 5.97 Å². The van der Waals surface area contributed by atoms with Gasteiger partial charge in [0.2, 0.25) is 0 Å². The first-order valence-corrected chi connectivity index (χ1v) is 6.43. The second kappa shape index (κ2) is 5.25. The molecule has 2 N–H and O–H groups in total. The van der Waals surface area contributed by atoms with Crippen LogP contribution in [0.25, 0.3) is 10.8 Å². The minimum Gasteiger partial charge on any atom is -0.478 e. The molecule has 0 spiro atoms. The molecule has 0 saturated carbocycles. The van der Waals surface area contributed by atoms with E-state index in [-0.39, 0.29) is 11.4 Å². The standard InChI is InChI=1S/C17H12FNO2/c18-11-4-3-5-12(10-11)19-16-9-8-15(17(20)21)13-6-1-2-7-14(13)16/h1-10,19H,(H,20,21). The van der Waals surface area contributed by atoms with Gasteiger partial charge in [-0.2, -0.15) is 0 Å². The Hall–Kier alpha value is -2.88. The summed E-state index contributed by atoms with van der Waals surface area (Å²) in [5.41, 5.74) is 1.60. The van der Waals surface area contributed by atoms with E-state index in [9.17, 15) is 14.3 Å². The quantitative estimate of drug-likeness (QED) is 0.747. The summed E-state index contributed by atoms with van der Waals surface area (Å²) in [5, 5.41) is 13.8. The lowest BCUT2D eigenvalue weighted by atomic mass is 10.0. The van der Waals surface area contributed by atoms with Crippen molar-refractivity contribution in [2.45, 2.75) is 0 Å². The van der Waals surface area contributed by atoms with Crippen molar-refractivity contribution in [2.24, 2.45) is 0 Å². The molecular formula is C17H12FNO2. The lowest BCUT2D eigenvalue weighted by Gasteiger charge is -2.11. The Labute approximate surface area is 120 Å². The van der Waals surface area contributed by atoms with E-state index >= 15 is 0 Å². The average molecular weight is 281 g/mol. The highest BCUT2D eigenvalue weighted by Crippen LogP contribution is 2.29. The summed E-state index contributed by atoms with van der Waals surface area (Å²) in [6.07, 6.45) is 0. The lowest BCUT2D eigenvalue weighted by molar-refractivity contribution is 0.0699. The zero-order chi connectivity index (χ0) is 14.8. The Morgan fingerprint density at radius 3 is 2.43 bits per heavy atom. The number of anilines is 2. The molecule has 0 amide bonds. The highest BCUT2D eigenvalue weighted by atomic mass is 19.1. The second-order valence-corrected chi connectivity index (χ2v) is 4.65. The molecule has 0 aliphatic rings. The van der Waals surface area contributed by atoms with Gasteiger partial charge in [0.1, 0.15) is 5.82 Å². The first-order chi connectivity index (χ1) is 10.1. The summed E-state index contributed by atoms with van der Waals surface area (Å²) in [4.78, 5) is 11.3. The predicted molar refractivity (Wildman–Crippen MR) is 80.6 cm³/mol. The molecule has 0 aromatic heterocycles. The molecule has 0 aliphatic carbocycles. The van der Waals surface area contributed by atoms with Crippen LogP contribution in [0.2, 0.25) is 0 Å². The van der Waals surface area contributed by atoms with Gasteiger partial charge in [-0.15, -0.1) is 0 Å². The van der Waals surface area contributed by atoms with Crippen molar-refractivity contribution in [1.82, 2.24) is 0 Å². The van der Waals surface area contributed by atoms with Crippen molar-refractivity contribution in [3.8, 4) is 0 Å². The number of carboxylic acid groups (broad SMARTS) is 1. The fourth-order valence-corrected chi connectivity index (χ4v) is 2.32. The highest BCUT2D eigenvalue weighted by Gasteiger charge is 2.11. The maximum atomic E-state index is 13.2. The number of nitrogens with one attached hydrogen (secondary N) is 1. The van der Waals surface area contributed by atoms with E-state index in [0.29, 0.717) is 11.1 Å². The van der Waals surface area contributed by atoms with Gasteiger partial charge in [0.25, 0.3) is 0 Å². The smallest absolute Gasteiger partial charge is 0.336 e. The topological polar surface area (TPSA) is 49.3 Å². The third-order valence-corrected chi connectivity index (χ3v) is 3.26. The van der Waals surface area contributed by atoms with Gasteiger partial charge in [-0.05, 0) is 35.7 Å². The van der Waals surface area contributed by atoms with Crippen LogP contribution in [0.15, 0.2) is 60.7 Å². The summed E-state index contributed by atoms with van der Waals surface area (Å²) in [6.45, 7) is 0. The van der Waals surface area contributed by atoms with Crippen molar-refractivity contribution >= 4 is 28.1 Å². The number of benzene rings is 3. The van der Waals surface area contributed by atoms with Crippen molar-refractivity contribution in [2.75, 3.05) is 5.32 Å². The van der Waals surface area contributed by atoms with Crippen LogP contribution in [0.3, 0.4) is 0 Å². The summed E-state index contributed by atoms with van der Waals surface area (Å²) >= 11 is 0. The molecule has 3 rings (SSSR count). The predicted octanol–water partition coefficient (Wildman–Crippen LogP) is 4.42. The molecule has 104 valence electrons. The first kappa shape index (κ1) is 13.1. The second-order valence-electron chi connectivity index (χ2n) is 4.65. The van der Waals surface area contributed by atoms with E-state index in [1.165, 1.54) is 12.1 Å². The van der Waals surface area contributed by atoms with Gasteiger partial charge in [-0.3, -0.25) is 0 Å². The monoisotopic (exact) mass is 281 g/mol. The average Bonchev–Trinajstić information content (AvgIpc) is 2.47. The minimum absolute atomic E-state index is 0.246. The van der Waals surface area contributed by atoms with Gasteiger partial charge in [0.05, 0.1) is 5.56 Å². The molecule has 0 fully saturated rings. The Morgan fingerprint density at radius 2 is 1.71 bits per heavy atom. The normalized spacial score (nSPS) is 10.5. The molecule has 0 unspecified atom stereocenters. The summed E-state index contributed by atoms with van der Waals surface area (Å²) < 4.78 is 13.2. The molecule has 0 saturated heterocycles. The number of carbonyl (C=O) groups is 1. The molecular weight excluding hydrogens is 269 g/mol. The van der Waals surface area contributed by atoms with E-state index in [2.05, 4.69) is 5.32 Å². The molecule has 3 aromatic carbocycles. The van der Waals surface area contributed by atoms with E-state index in [0.717, 1.165) is 11.1 Å². The lowest BCUT2D eigenvalue weighted by Crippen LogP contribution is -1.99. The maximum Gasteiger partial charge on any atom is 0.336 e. The number of hydrogen-bond donors (Lipinski definition) is 2. The zero-order valence-corrected chi connectivity index (χ0v) is 11.0.